The van der Waals surface area contributed by atoms with Crippen molar-refractivity contribution in [3.63, 3.8) is 0 Å². The van der Waals surface area contributed by atoms with Crippen LogP contribution < -0.4 is 4.90 Å². The van der Waals surface area contributed by atoms with Crippen LogP contribution in [0.2, 0.25) is 5.02 Å². The van der Waals surface area contributed by atoms with Crippen LogP contribution in [0.15, 0.2) is 36.4 Å². The molecule has 27 heavy (non-hydrogen) atoms. The normalized spacial score (nSPS) is 15.0. The molecule has 1 fully saturated rings. The van der Waals surface area contributed by atoms with Gasteiger partial charge in [-0.3, -0.25) is 4.79 Å². The summed E-state index contributed by atoms with van der Waals surface area (Å²) in [4.78, 5) is 19.1. The number of hydrogen-bond acceptors (Lipinski definition) is 4. The average molecular weight is 395 g/mol. The quantitative estimate of drug-likeness (QED) is 0.799. The number of amides is 1. The second kappa shape index (κ2) is 7.45. The van der Waals surface area contributed by atoms with E-state index in [-0.39, 0.29) is 30.4 Å². The van der Waals surface area contributed by atoms with Crippen LogP contribution in [0, 0.1) is 11.3 Å². The van der Waals surface area contributed by atoms with E-state index < -0.39 is 11.9 Å². The molecule has 1 aliphatic rings. The number of carbonyl (C=O) groups excluding carboxylic acids is 1. The van der Waals surface area contributed by atoms with Crippen molar-refractivity contribution in [2.45, 2.75) is 12.7 Å². The molecule has 1 aromatic heterocycles. The van der Waals surface area contributed by atoms with Gasteiger partial charge in [0.1, 0.15) is 17.6 Å². The highest BCUT2D eigenvalue weighted by atomic mass is 35.5. The van der Waals surface area contributed by atoms with Gasteiger partial charge in [0.05, 0.1) is 12.1 Å². The Balaban J connectivity index is 1.77. The highest BCUT2D eigenvalue weighted by Crippen LogP contribution is 2.31. The number of piperazine rings is 1. The Hall–Kier alpha value is -2.79. The van der Waals surface area contributed by atoms with Gasteiger partial charge in [-0.05, 0) is 29.8 Å². The van der Waals surface area contributed by atoms with Crippen LogP contribution in [0.1, 0.15) is 16.8 Å². The first-order valence-corrected chi connectivity index (χ1v) is 8.41. The third-order valence-electron chi connectivity index (χ3n) is 4.19. The first-order chi connectivity index (χ1) is 12.8. The number of halogens is 4. The van der Waals surface area contributed by atoms with Gasteiger partial charge >= 0.3 is 6.18 Å². The van der Waals surface area contributed by atoms with Crippen LogP contribution in [-0.2, 0) is 17.5 Å². The molecule has 9 heteroatoms. The third kappa shape index (κ3) is 4.31. The maximum absolute atomic E-state index is 12.9. The number of benzene rings is 1. The molecule has 1 amide bonds. The van der Waals surface area contributed by atoms with E-state index in [0.29, 0.717) is 18.1 Å². The standard InChI is InChI=1S/C18H14ClF3N4O/c19-14-4-1-12(2-5-14)10-25-7-8-26(11-16(25)27)17-13(9-23)3-6-15(24-17)18(20,21)22/h1-6H,7-8,10-11H2. The maximum atomic E-state index is 12.9. The van der Waals surface area contributed by atoms with E-state index in [4.69, 9.17) is 11.6 Å². The van der Waals surface area contributed by atoms with E-state index in [2.05, 4.69) is 4.98 Å². The molecule has 0 radical (unpaired) electrons. The number of alkyl halides is 3. The van der Waals surface area contributed by atoms with E-state index >= 15 is 0 Å². The molecule has 5 nitrogen and oxygen atoms in total. The number of aromatic nitrogens is 1. The topological polar surface area (TPSA) is 60.2 Å². The van der Waals surface area contributed by atoms with Gasteiger partial charge < -0.3 is 9.80 Å². The third-order valence-corrected chi connectivity index (χ3v) is 4.44. The summed E-state index contributed by atoms with van der Waals surface area (Å²) in [6, 6.07) is 10.7. The fourth-order valence-electron chi connectivity index (χ4n) is 2.80. The number of rotatable bonds is 3. The van der Waals surface area contributed by atoms with Gasteiger partial charge in [0.2, 0.25) is 5.91 Å². The number of hydrogen-bond donors (Lipinski definition) is 0. The lowest BCUT2D eigenvalue weighted by molar-refractivity contribution is -0.141. The molecule has 3 rings (SSSR count). The van der Waals surface area contributed by atoms with Gasteiger partial charge in [0.15, 0.2) is 0 Å². The lowest BCUT2D eigenvalue weighted by atomic mass is 10.1. The lowest BCUT2D eigenvalue weighted by Gasteiger charge is -2.35. The van der Waals surface area contributed by atoms with Gasteiger partial charge in [0, 0.05) is 24.7 Å². The van der Waals surface area contributed by atoms with Crippen LogP contribution in [-0.4, -0.2) is 35.4 Å². The predicted molar refractivity (Wildman–Crippen MR) is 93.0 cm³/mol. The monoisotopic (exact) mass is 394 g/mol. The molecule has 0 aliphatic carbocycles. The van der Waals surface area contributed by atoms with Gasteiger partial charge in [-0.1, -0.05) is 23.7 Å². The summed E-state index contributed by atoms with van der Waals surface area (Å²) in [5.41, 5.74) is -0.189. The Bertz CT molecular complexity index is 893. The fourth-order valence-corrected chi connectivity index (χ4v) is 2.93. The summed E-state index contributed by atoms with van der Waals surface area (Å²) in [7, 11) is 0. The maximum Gasteiger partial charge on any atom is 0.433 e. The molecule has 140 valence electrons. The summed E-state index contributed by atoms with van der Waals surface area (Å²) in [6.45, 7) is 0.828. The SMILES string of the molecule is N#Cc1ccc(C(F)(F)F)nc1N1CCN(Cc2ccc(Cl)cc2)C(=O)C1. The second-order valence-electron chi connectivity index (χ2n) is 6.04. The van der Waals surface area contributed by atoms with Crippen LogP contribution in [0.5, 0.6) is 0 Å². The first kappa shape index (κ1) is 19.0. The van der Waals surface area contributed by atoms with Gasteiger partial charge in [0.25, 0.3) is 0 Å². The molecule has 0 atom stereocenters. The molecule has 0 bridgehead atoms. The summed E-state index contributed by atoms with van der Waals surface area (Å²) in [5.74, 6) is -0.369. The van der Waals surface area contributed by atoms with Crippen molar-refractivity contribution in [3.05, 3.63) is 58.2 Å². The molecule has 0 saturated carbocycles. The molecule has 0 unspecified atom stereocenters. The average Bonchev–Trinajstić information content (AvgIpc) is 2.64. The zero-order chi connectivity index (χ0) is 19.6. The Labute approximate surface area is 158 Å². The molecule has 1 saturated heterocycles. The van der Waals surface area contributed by atoms with Crippen molar-refractivity contribution in [2.75, 3.05) is 24.5 Å². The van der Waals surface area contributed by atoms with Gasteiger partial charge in [-0.2, -0.15) is 18.4 Å². The second-order valence-corrected chi connectivity index (χ2v) is 6.48. The van der Waals surface area contributed by atoms with Crippen molar-refractivity contribution in [1.82, 2.24) is 9.88 Å². The predicted octanol–water partition coefficient (Wildman–Crippen LogP) is 3.47. The number of anilines is 1. The van der Waals surface area contributed by atoms with E-state index in [1.165, 1.54) is 4.90 Å². The zero-order valence-corrected chi connectivity index (χ0v) is 14.8. The van der Waals surface area contributed by atoms with E-state index in [1.54, 1.807) is 17.0 Å². The van der Waals surface area contributed by atoms with Crippen molar-refractivity contribution >= 4 is 23.3 Å². The first-order valence-electron chi connectivity index (χ1n) is 8.03. The van der Waals surface area contributed by atoms with Crippen LogP contribution >= 0.6 is 11.6 Å². The molecule has 2 heterocycles. The molecule has 1 aliphatic heterocycles. The van der Waals surface area contributed by atoms with Gasteiger partial charge in [-0.15, -0.1) is 0 Å². The van der Waals surface area contributed by atoms with Crippen molar-refractivity contribution in [2.24, 2.45) is 0 Å². The number of pyridine rings is 1. The molecule has 0 spiro atoms. The van der Waals surface area contributed by atoms with E-state index in [1.807, 2.05) is 18.2 Å². The minimum atomic E-state index is -4.62. The number of nitrogens with zero attached hydrogens (tertiary/aromatic N) is 4. The Kier molecular flexibility index (Phi) is 5.24. The van der Waals surface area contributed by atoms with Gasteiger partial charge in [-0.25, -0.2) is 4.98 Å². The Morgan fingerprint density at radius 2 is 1.85 bits per heavy atom. The summed E-state index contributed by atoms with van der Waals surface area (Å²) in [6.07, 6.45) is -4.62. The lowest BCUT2D eigenvalue weighted by Crippen LogP contribution is -2.50. The van der Waals surface area contributed by atoms with Crippen molar-refractivity contribution in [3.8, 4) is 6.07 Å². The van der Waals surface area contributed by atoms with Crippen LogP contribution in [0.4, 0.5) is 19.0 Å². The van der Waals surface area contributed by atoms with Crippen LogP contribution in [0.3, 0.4) is 0 Å². The van der Waals surface area contributed by atoms with Crippen LogP contribution in [0.25, 0.3) is 0 Å². The minimum Gasteiger partial charge on any atom is -0.344 e. The van der Waals surface area contributed by atoms with Crippen molar-refractivity contribution < 1.29 is 18.0 Å². The molecule has 0 N–H and O–H groups in total. The summed E-state index contributed by atoms with van der Waals surface area (Å²) in [5, 5.41) is 9.77. The minimum absolute atomic E-state index is 0.00181. The molecular weight excluding hydrogens is 381 g/mol. The highest BCUT2D eigenvalue weighted by molar-refractivity contribution is 6.30. The van der Waals surface area contributed by atoms with Crippen molar-refractivity contribution in [1.29, 1.82) is 5.26 Å². The Morgan fingerprint density at radius 1 is 1.15 bits per heavy atom. The largest absolute Gasteiger partial charge is 0.433 e. The molecule has 1 aromatic carbocycles. The van der Waals surface area contributed by atoms with E-state index in [9.17, 15) is 23.2 Å². The molecule has 2 aromatic rings. The highest BCUT2D eigenvalue weighted by Gasteiger charge is 2.34. The number of carbonyl (C=O) groups is 1. The number of nitriles is 1. The van der Waals surface area contributed by atoms with E-state index in [0.717, 1.165) is 17.7 Å². The smallest absolute Gasteiger partial charge is 0.344 e. The summed E-state index contributed by atoms with van der Waals surface area (Å²) >= 11 is 5.84. The zero-order valence-electron chi connectivity index (χ0n) is 14.0. The fraction of sp³-hybridized carbons (Fsp3) is 0.278. The Morgan fingerprint density at radius 3 is 2.44 bits per heavy atom. The molecular formula is C18H14ClF3N4O. The summed E-state index contributed by atoms with van der Waals surface area (Å²) < 4.78 is 38.8.